The fourth-order valence-corrected chi connectivity index (χ4v) is 0.999. The standard InChI is InChI=1S/C8H13NO6/c1-2-4(7(12)13)9-5(8(14)15)3-6(10)11/h4-5,9H,2-3H2,1H3,(H,10,11)(H,12,13)(H,14,15)/t4-,5-/m0/s1. The molecule has 0 radical (unpaired) electrons. The van der Waals surface area contributed by atoms with Crippen LogP contribution in [0.2, 0.25) is 0 Å². The highest BCUT2D eigenvalue weighted by Gasteiger charge is 2.26. The lowest BCUT2D eigenvalue weighted by molar-refractivity contribution is -0.147. The molecule has 0 heterocycles. The van der Waals surface area contributed by atoms with Crippen molar-refractivity contribution in [3.8, 4) is 0 Å². The smallest absolute Gasteiger partial charge is 0.321 e. The minimum Gasteiger partial charge on any atom is -0.481 e. The summed E-state index contributed by atoms with van der Waals surface area (Å²) in [4.78, 5) is 31.5. The summed E-state index contributed by atoms with van der Waals surface area (Å²) < 4.78 is 0. The van der Waals surface area contributed by atoms with Crippen LogP contribution in [0, 0.1) is 0 Å². The molecule has 0 rings (SSSR count). The Morgan fingerprint density at radius 1 is 1.07 bits per heavy atom. The van der Waals surface area contributed by atoms with Crippen LogP contribution in [-0.4, -0.2) is 45.3 Å². The molecule has 0 unspecified atom stereocenters. The van der Waals surface area contributed by atoms with Crippen LogP contribution in [0.5, 0.6) is 0 Å². The van der Waals surface area contributed by atoms with Crippen molar-refractivity contribution in [2.24, 2.45) is 0 Å². The van der Waals surface area contributed by atoms with Crippen LogP contribution in [0.1, 0.15) is 19.8 Å². The third-order valence-corrected chi connectivity index (χ3v) is 1.79. The molecule has 0 aliphatic carbocycles. The monoisotopic (exact) mass is 219 g/mol. The number of carboxylic acid groups (broad SMARTS) is 3. The molecule has 7 nitrogen and oxygen atoms in total. The Morgan fingerprint density at radius 3 is 1.80 bits per heavy atom. The second kappa shape index (κ2) is 5.97. The molecule has 2 atom stereocenters. The van der Waals surface area contributed by atoms with E-state index in [1.54, 1.807) is 6.92 Å². The van der Waals surface area contributed by atoms with Gasteiger partial charge in [0.15, 0.2) is 0 Å². The zero-order chi connectivity index (χ0) is 12.0. The van der Waals surface area contributed by atoms with Crippen LogP contribution in [0.3, 0.4) is 0 Å². The zero-order valence-electron chi connectivity index (χ0n) is 8.14. The Bertz CT molecular complexity index is 264. The van der Waals surface area contributed by atoms with Crippen LogP contribution in [0.4, 0.5) is 0 Å². The van der Waals surface area contributed by atoms with Gasteiger partial charge in [0.2, 0.25) is 0 Å². The van der Waals surface area contributed by atoms with Crippen molar-refractivity contribution in [2.45, 2.75) is 31.8 Å². The third kappa shape index (κ3) is 4.96. The summed E-state index contributed by atoms with van der Waals surface area (Å²) in [5, 5.41) is 27.9. The molecule has 86 valence electrons. The lowest BCUT2D eigenvalue weighted by Gasteiger charge is -2.17. The van der Waals surface area contributed by atoms with Gasteiger partial charge in [-0.05, 0) is 6.42 Å². The summed E-state index contributed by atoms with van der Waals surface area (Å²) in [5.74, 6) is -3.87. The first-order chi connectivity index (χ1) is 6.88. The van der Waals surface area contributed by atoms with Crippen molar-refractivity contribution in [3.63, 3.8) is 0 Å². The minimum atomic E-state index is -1.39. The number of carboxylic acids is 3. The molecular weight excluding hydrogens is 206 g/mol. The van der Waals surface area contributed by atoms with Crippen LogP contribution in [0.25, 0.3) is 0 Å². The maximum atomic E-state index is 10.6. The highest BCUT2D eigenvalue weighted by atomic mass is 16.4. The molecule has 0 spiro atoms. The molecule has 0 bridgehead atoms. The van der Waals surface area contributed by atoms with E-state index in [0.717, 1.165) is 0 Å². The topological polar surface area (TPSA) is 124 Å². The number of nitrogens with one attached hydrogen (secondary N) is 1. The summed E-state index contributed by atoms with van der Waals surface area (Å²) in [7, 11) is 0. The highest BCUT2D eigenvalue weighted by molar-refractivity contribution is 5.82. The number of hydrogen-bond donors (Lipinski definition) is 4. The molecule has 15 heavy (non-hydrogen) atoms. The molecule has 0 aliphatic rings. The van der Waals surface area contributed by atoms with Gasteiger partial charge in [0.1, 0.15) is 12.1 Å². The Morgan fingerprint density at radius 2 is 1.53 bits per heavy atom. The van der Waals surface area contributed by atoms with Crippen LogP contribution >= 0.6 is 0 Å². The summed E-state index contributed by atoms with van der Waals surface area (Å²) in [6, 6.07) is -2.44. The Balaban J connectivity index is 4.45. The maximum absolute atomic E-state index is 10.6. The largest absolute Gasteiger partial charge is 0.481 e. The van der Waals surface area contributed by atoms with Crippen molar-refractivity contribution >= 4 is 17.9 Å². The van der Waals surface area contributed by atoms with Gasteiger partial charge >= 0.3 is 17.9 Å². The summed E-state index contributed by atoms with van der Waals surface area (Å²) >= 11 is 0. The number of carbonyl (C=O) groups is 3. The van der Waals surface area contributed by atoms with E-state index in [4.69, 9.17) is 15.3 Å². The van der Waals surface area contributed by atoms with Gasteiger partial charge < -0.3 is 15.3 Å². The molecule has 0 aromatic rings. The number of hydrogen-bond acceptors (Lipinski definition) is 4. The van der Waals surface area contributed by atoms with E-state index in [1.165, 1.54) is 0 Å². The van der Waals surface area contributed by atoms with E-state index < -0.39 is 36.4 Å². The number of aliphatic carboxylic acids is 3. The summed E-state index contributed by atoms with van der Waals surface area (Å²) in [5.41, 5.74) is 0. The van der Waals surface area contributed by atoms with Crippen molar-refractivity contribution < 1.29 is 29.7 Å². The average Bonchev–Trinajstić information content (AvgIpc) is 2.10. The molecule has 0 aliphatic heterocycles. The Kier molecular flexibility index (Phi) is 5.32. The second-order valence-electron chi connectivity index (χ2n) is 2.95. The molecule has 0 saturated carbocycles. The molecule has 0 aromatic carbocycles. The fraction of sp³-hybridized carbons (Fsp3) is 0.625. The van der Waals surface area contributed by atoms with Crippen LogP contribution < -0.4 is 5.32 Å². The van der Waals surface area contributed by atoms with Crippen molar-refractivity contribution in [1.29, 1.82) is 0 Å². The fourth-order valence-electron chi connectivity index (χ4n) is 0.999. The SMILES string of the molecule is CC[C@H](N[C@@H](CC(=O)O)C(=O)O)C(=O)O. The molecule has 0 amide bonds. The quantitative estimate of drug-likeness (QED) is 0.449. The lowest BCUT2D eigenvalue weighted by Crippen LogP contribution is -2.47. The molecule has 4 N–H and O–H groups in total. The average molecular weight is 219 g/mol. The lowest BCUT2D eigenvalue weighted by atomic mass is 10.1. The molecule has 0 saturated heterocycles. The molecule has 0 aromatic heterocycles. The first kappa shape index (κ1) is 13.4. The van der Waals surface area contributed by atoms with E-state index in [-0.39, 0.29) is 6.42 Å². The van der Waals surface area contributed by atoms with E-state index in [9.17, 15) is 14.4 Å². The number of rotatable bonds is 7. The predicted molar refractivity (Wildman–Crippen MR) is 48.5 cm³/mol. The van der Waals surface area contributed by atoms with E-state index >= 15 is 0 Å². The normalized spacial score (nSPS) is 14.2. The third-order valence-electron chi connectivity index (χ3n) is 1.79. The first-order valence-electron chi connectivity index (χ1n) is 4.32. The van der Waals surface area contributed by atoms with Gasteiger partial charge in [0, 0.05) is 0 Å². The van der Waals surface area contributed by atoms with Gasteiger partial charge in [0.05, 0.1) is 6.42 Å². The van der Waals surface area contributed by atoms with Gasteiger partial charge in [-0.1, -0.05) is 6.92 Å². The van der Waals surface area contributed by atoms with Crippen molar-refractivity contribution in [3.05, 3.63) is 0 Å². The van der Waals surface area contributed by atoms with Crippen LogP contribution in [0.15, 0.2) is 0 Å². The van der Waals surface area contributed by atoms with Crippen molar-refractivity contribution in [2.75, 3.05) is 0 Å². The van der Waals surface area contributed by atoms with Crippen LogP contribution in [-0.2, 0) is 14.4 Å². The van der Waals surface area contributed by atoms with E-state index in [0.29, 0.717) is 0 Å². The molecular formula is C8H13NO6. The summed E-state index contributed by atoms with van der Waals surface area (Å²) in [6.45, 7) is 1.56. The maximum Gasteiger partial charge on any atom is 0.321 e. The minimum absolute atomic E-state index is 0.179. The second-order valence-corrected chi connectivity index (χ2v) is 2.95. The van der Waals surface area contributed by atoms with Gasteiger partial charge in [-0.3, -0.25) is 19.7 Å². The summed E-state index contributed by atoms with van der Waals surface area (Å²) in [6.07, 6.45) is -0.474. The first-order valence-corrected chi connectivity index (χ1v) is 4.32. The highest BCUT2D eigenvalue weighted by Crippen LogP contribution is 1.99. The van der Waals surface area contributed by atoms with Gasteiger partial charge in [0.25, 0.3) is 0 Å². The zero-order valence-corrected chi connectivity index (χ0v) is 8.14. The Hall–Kier alpha value is -1.63. The molecule has 7 heteroatoms. The Labute approximate surface area is 85.7 Å². The van der Waals surface area contributed by atoms with Crippen molar-refractivity contribution in [1.82, 2.24) is 5.32 Å². The molecule has 0 fully saturated rings. The van der Waals surface area contributed by atoms with E-state index in [2.05, 4.69) is 5.32 Å². The van der Waals surface area contributed by atoms with Gasteiger partial charge in [-0.2, -0.15) is 0 Å². The van der Waals surface area contributed by atoms with Gasteiger partial charge in [-0.15, -0.1) is 0 Å². The predicted octanol–water partition coefficient (Wildman–Crippen LogP) is -0.633. The van der Waals surface area contributed by atoms with E-state index in [1.807, 2.05) is 0 Å². The van der Waals surface area contributed by atoms with Gasteiger partial charge in [-0.25, -0.2) is 0 Å².